The van der Waals surface area contributed by atoms with Gasteiger partial charge in [-0.3, -0.25) is 14.7 Å². The van der Waals surface area contributed by atoms with Gasteiger partial charge in [0.25, 0.3) is 5.91 Å². The van der Waals surface area contributed by atoms with Gasteiger partial charge in [-0.25, -0.2) is 0 Å². The fourth-order valence-electron chi connectivity index (χ4n) is 6.19. The highest BCUT2D eigenvalue weighted by atomic mass is 16.5. The Labute approximate surface area is 207 Å². The van der Waals surface area contributed by atoms with Crippen molar-refractivity contribution in [3.05, 3.63) is 59.0 Å². The summed E-state index contributed by atoms with van der Waals surface area (Å²) in [5.74, 6) is 1.14. The number of hydrogen-bond donors (Lipinski definition) is 1. The first-order chi connectivity index (χ1) is 17.1. The number of carbonyl (C=O) groups is 1. The average Bonchev–Trinajstić information content (AvgIpc) is 3.68. The molecule has 0 radical (unpaired) electrons. The summed E-state index contributed by atoms with van der Waals surface area (Å²) in [5.41, 5.74) is 6.36. The van der Waals surface area contributed by atoms with E-state index >= 15 is 0 Å². The van der Waals surface area contributed by atoms with E-state index in [9.17, 15) is 4.79 Å². The molecule has 0 spiro atoms. The number of anilines is 1. The Kier molecular flexibility index (Phi) is 6.11. The van der Waals surface area contributed by atoms with Crippen LogP contribution in [0.25, 0.3) is 10.9 Å². The first kappa shape index (κ1) is 22.7. The molecule has 1 amide bonds. The lowest BCUT2D eigenvalue weighted by Gasteiger charge is -2.38. The van der Waals surface area contributed by atoms with E-state index in [2.05, 4.69) is 46.0 Å². The van der Waals surface area contributed by atoms with Crippen LogP contribution in [0.3, 0.4) is 0 Å². The molecule has 2 saturated carbocycles. The van der Waals surface area contributed by atoms with Crippen molar-refractivity contribution in [3.63, 3.8) is 0 Å². The van der Waals surface area contributed by atoms with Crippen LogP contribution in [0.4, 0.5) is 5.69 Å². The molecule has 2 aliphatic carbocycles. The molecule has 2 aromatic heterocycles. The second kappa shape index (κ2) is 9.40. The minimum absolute atomic E-state index is 0.0743. The number of ether oxygens (including phenoxy) is 1. The van der Waals surface area contributed by atoms with Gasteiger partial charge in [-0.2, -0.15) is 0 Å². The van der Waals surface area contributed by atoms with E-state index in [1.54, 1.807) is 0 Å². The van der Waals surface area contributed by atoms with Crippen molar-refractivity contribution in [2.75, 3.05) is 31.6 Å². The first-order valence-corrected chi connectivity index (χ1v) is 13.3. The number of aryl methyl sites for hydroxylation is 2. The van der Waals surface area contributed by atoms with Gasteiger partial charge in [0.05, 0.1) is 30.7 Å². The standard InChI is InChI=1S/C29H36N4O2/c1-19-15-23(17-30-28(19)21-5-8-24(9-6-21)33-11-13-35-14-12-33)31-29(34)26-18-32(2)27-16-22(20-3-4-20)7-10-25(26)27/h7,10,15-18,20-21,24H,3-6,8-9,11-14H2,1-2H3,(H,31,34). The molecule has 0 atom stereocenters. The topological polar surface area (TPSA) is 59.4 Å². The number of nitrogens with zero attached hydrogens (tertiary/aromatic N) is 3. The third-order valence-corrected chi connectivity index (χ3v) is 8.33. The first-order valence-electron chi connectivity index (χ1n) is 13.3. The van der Waals surface area contributed by atoms with Gasteiger partial charge in [-0.05, 0) is 74.6 Å². The van der Waals surface area contributed by atoms with E-state index in [0.29, 0.717) is 23.4 Å². The fourth-order valence-corrected chi connectivity index (χ4v) is 6.19. The molecule has 1 aromatic carbocycles. The maximum Gasteiger partial charge on any atom is 0.257 e. The summed E-state index contributed by atoms with van der Waals surface area (Å²) in [5, 5.41) is 4.11. The van der Waals surface area contributed by atoms with Crippen molar-refractivity contribution in [2.45, 2.75) is 63.3 Å². The van der Waals surface area contributed by atoms with Crippen molar-refractivity contribution in [1.29, 1.82) is 0 Å². The summed E-state index contributed by atoms with van der Waals surface area (Å²) in [6.07, 6.45) is 11.2. The number of fused-ring (bicyclic) bond motifs is 1. The maximum absolute atomic E-state index is 13.2. The van der Waals surface area contributed by atoms with Gasteiger partial charge in [0.1, 0.15) is 0 Å². The molecule has 3 heterocycles. The molecule has 3 fully saturated rings. The second-order valence-electron chi connectivity index (χ2n) is 10.7. The number of amides is 1. The number of morpholine rings is 1. The summed E-state index contributed by atoms with van der Waals surface area (Å²) >= 11 is 0. The molecule has 6 nitrogen and oxygen atoms in total. The summed E-state index contributed by atoms with van der Waals surface area (Å²) < 4.78 is 7.58. The third-order valence-electron chi connectivity index (χ3n) is 8.33. The molecule has 6 rings (SSSR count). The van der Waals surface area contributed by atoms with E-state index in [1.807, 2.05) is 19.4 Å². The zero-order valence-corrected chi connectivity index (χ0v) is 20.9. The number of benzene rings is 1. The number of rotatable bonds is 5. The highest BCUT2D eigenvalue weighted by Gasteiger charge is 2.29. The third kappa shape index (κ3) is 4.62. The van der Waals surface area contributed by atoms with Crippen LogP contribution >= 0.6 is 0 Å². The van der Waals surface area contributed by atoms with E-state index < -0.39 is 0 Å². The van der Waals surface area contributed by atoms with Crippen LogP contribution in [-0.2, 0) is 11.8 Å². The SMILES string of the molecule is Cc1cc(NC(=O)c2cn(C)c3cc(C4CC4)ccc23)cnc1C1CCC(N2CCOCC2)CC1. The fraction of sp³-hybridized carbons (Fsp3) is 0.517. The van der Waals surface area contributed by atoms with Gasteiger partial charge in [-0.15, -0.1) is 0 Å². The molecule has 35 heavy (non-hydrogen) atoms. The van der Waals surface area contributed by atoms with E-state index in [-0.39, 0.29) is 5.91 Å². The van der Waals surface area contributed by atoms with Crippen LogP contribution in [0.5, 0.6) is 0 Å². The molecule has 3 aliphatic rings. The second-order valence-corrected chi connectivity index (χ2v) is 10.7. The summed E-state index contributed by atoms with van der Waals surface area (Å²) in [6.45, 7) is 6.00. The Bertz CT molecular complexity index is 1230. The van der Waals surface area contributed by atoms with Crippen LogP contribution in [-0.4, -0.2) is 52.7 Å². The molecule has 3 aromatic rings. The molecule has 1 aliphatic heterocycles. The van der Waals surface area contributed by atoms with Crippen molar-refractivity contribution >= 4 is 22.5 Å². The Morgan fingerprint density at radius 3 is 2.49 bits per heavy atom. The lowest BCUT2D eigenvalue weighted by atomic mass is 9.82. The maximum atomic E-state index is 13.2. The molecule has 1 N–H and O–H groups in total. The monoisotopic (exact) mass is 472 g/mol. The molecule has 184 valence electrons. The summed E-state index contributed by atoms with van der Waals surface area (Å²) in [7, 11) is 2.02. The zero-order chi connectivity index (χ0) is 23.9. The Balaban J connectivity index is 1.13. The number of hydrogen-bond acceptors (Lipinski definition) is 4. The van der Waals surface area contributed by atoms with Crippen LogP contribution in [0.1, 0.15) is 77.5 Å². The van der Waals surface area contributed by atoms with Gasteiger partial charge in [0.15, 0.2) is 0 Å². The Hall–Kier alpha value is -2.70. The van der Waals surface area contributed by atoms with E-state index in [0.717, 1.165) is 42.9 Å². The molecule has 0 bridgehead atoms. The highest BCUT2D eigenvalue weighted by molar-refractivity contribution is 6.13. The van der Waals surface area contributed by atoms with Gasteiger partial charge in [-0.1, -0.05) is 12.1 Å². The Morgan fingerprint density at radius 1 is 1.03 bits per heavy atom. The minimum Gasteiger partial charge on any atom is -0.379 e. The zero-order valence-electron chi connectivity index (χ0n) is 20.9. The average molecular weight is 473 g/mol. The summed E-state index contributed by atoms with van der Waals surface area (Å²) in [6, 6.07) is 9.32. The van der Waals surface area contributed by atoms with Crippen molar-refractivity contribution in [3.8, 4) is 0 Å². The van der Waals surface area contributed by atoms with E-state index in [4.69, 9.17) is 9.72 Å². The Morgan fingerprint density at radius 2 is 1.77 bits per heavy atom. The van der Waals surface area contributed by atoms with Crippen molar-refractivity contribution in [1.82, 2.24) is 14.5 Å². The predicted octanol–water partition coefficient (Wildman–Crippen LogP) is 5.37. The van der Waals surface area contributed by atoms with Gasteiger partial charge in [0, 0.05) is 54.9 Å². The van der Waals surface area contributed by atoms with Crippen molar-refractivity contribution in [2.24, 2.45) is 7.05 Å². The van der Waals surface area contributed by atoms with Crippen molar-refractivity contribution < 1.29 is 9.53 Å². The normalized spacial score (nSPS) is 23.5. The van der Waals surface area contributed by atoms with Crippen LogP contribution in [0.15, 0.2) is 36.7 Å². The predicted molar refractivity (Wildman–Crippen MR) is 139 cm³/mol. The number of aromatic nitrogens is 2. The molecular weight excluding hydrogens is 436 g/mol. The van der Waals surface area contributed by atoms with Gasteiger partial charge in [0.2, 0.25) is 0 Å². The number of nitrogens with one attached hydrogen (secondary N) is 1. The van der Waals surface area contributed by atoms with E-state index in [1.165, 1.54) is 55.3 Å². The molecule has 6 heteroatoms. The van der Waals surface area contributed by atoms with Crippen LogP contribution in [0.2, 0.25) is 0 Å². The lowest BCUT2D eigenvalue weighted by Crippen LogP contribution is -2.44. The quantitative estimate of drug-likeness (QED) is 0.542. The van der Waals surface area contributed by atoms with Gasteiger partial charge >= 0.3 is 0 Å². The van der Waals surface area contributed by atoms with Crippen LogP contribution in [0, 0.1) is 6.92 Å². The highest BCUT2D eigenvalue weighted by Crippen LogP contribution is 2.41. The summed E-state index contributed by atoms with van der Waals surface area (Å²) in [4.78, 5) is 20.6. The molecule has 0 unspecified atom stereocenters. The lowest BCUT2D eigenvalue weighted by molar-refractivity contribution is 0.00720. The number of carbonyl (C=O) groups excluding carboxylic acids is 1. The molecule has 1 saturated heterocycles. The van der Waals surface area contributed by atoms with Gasteiger partial charge < -0.3 is 14.6 Å². The number of pyridine rings is 1. The largest absolute Gasteiger partial charge is 0.379 e. The smallest absolute Gasteiger partial charge is 0.257 e. The minimum atomic E-state index is -0.0743. The van der Waals surface area contributed by atoms with Crippen LogP contribution < -0.4 is 5.32 Å². The molecular formula is C29H36N4O2.